The molecule has 0 aliphatic heterocycles. The summed E-state index contributed by atoms with van der Waals surface area (Å²) in [6, 6.07) is 0. The van der Waals surface area contributed by atoms with Gasteiger partial charge in [0.25, 0.3) is 0 Å². The largest absolute Gasteiger partial charge is 0.478 e. The van der Waals surface area contributed by atoms with E-state index in [2.05, 4.69) is 13.8 Å². The van der Waals surface area contributed by atoms with Crippen LogP contribution in [0.1, 0.15) is 33.6 Å². The number of carboxylic acid groups (broad SMARTS) is 1. The molecule has 1 N–H and O–H groups in total. The van der Waals surface area contributed by atoms with Gasteiger partial charge < -0.3 is 5.11 Å². The molecule has 0 aliphatic rings. The third kappa shape index (κ3) is 4.59. The van der Waals surface area contributed by atoms with E-state index in [1.54, 1.807) is 13.0 Å². The summed E-state index contributed by atoms with van der Waals surface area (Å²) >= 11 is 0. The van der Waals surface area contributed by atoms with E-state index in [4.69, 9.17) is 5.11 Å². The molecule has 0 aromatic rings. The number of hydrogen-bond donors (Lipinski definition) is 1. The van der Waals surface area contributed by atoms with Gasteiger partial charge in [0, 0.05) is 5.57 Å². The molecule has 64 valence electrons. The molecule has 0 fully saturated rings. The van der Waals surface area contributed by atoms with Crippen LogP contribution in [0.25, 0.3) is 0 Å². The van der Waals surface area contributed by atoms with Crippen molar-refractivity contribution >= 4 is 5.97 Å². The number of allylic oxidation sites excluding steroid dienone is 1. The maximum atomic E-state index is 10.3. The maximum absolute atomic E-state index is 10.3. The van der Waals surface area contributed by atoms with Crippen LogP contribution in [0.5, 0.6) is 0 Å². The van der Waals surface area contributed by atoms with Crippen LogP contribution in [0.3, 0.4) is 0 Å². The molecule has 0 aromatic carbocycles. The van der Waals surface area contributed by atoms with Crippen molar-refractivity contribution < 1.29 is 9.90 Å². The second-order valence-corrected chi connectivity index (χ2v) is 2.94. The van der Waals surface area contributed by atoms with Gasteiger partial charge in [-0.25, -0.2) is 4.79 Å². The molecule has 1 atom stereocenters. The lowest BCUT2D eigenvalue weighted by atomic mass is 10.0. The lowest BCUT2D eigenvalue weighted by molar-refractivity contribution is -0.132. The zero-order valence-electron chi connectivity index (χ0n) is 7.42. The SMILES string of the molecule is CCC(C)CC=C(C)C(=O)O. The summed E-state index contributed by atoms with van der Waals surface area (Å²) in [7, 11) is 0. The minimum absolute atomic E-state index is 0.449. The molecule has 0 aliphatic carbocycles. The first-order valence-corrected chi connectivity index (χ1v) is 3.98. The minimum atomic E-state index is -0.812. The zero-order chi connectivity index (χ0) is 8.85. The van der Waals surface area contributed by atoms with Crippen LogP contribution in [0.2, 0.25) is 0 Å². The molecule has 2 nitrogen and oxygen atoms in total. The fourth-order valence-electron chi connectivity index (χ4n) is 0.632. The van der Waals surface area contributed by atoms with E-state index in [1.165, 1.54) is 0 Å². The Morgan fingerprint density at radius 1 is 1.64 bits per heavy atom. The number of carbonyl (C=O) groups is 1. The van der Waals surface area contributed by atoms with E-state index in [9.17, 15) is 4.79 Å². The van der Waals surface area contributed by atoms with Crippen LogP contribution in [-0.4, -0.2) is 11.1 Å². The first kappa shape index (κ1) is 10.2. The smallest absolute Gasteiger partial charge is 0.330 e. The van der Waals surface area contributed by atoms with E-state index < -0.39 is 5.97 Å². The first-order valence-electron chi connectivity index (χ1n) is 3.98. The highest BCUT2D eigenvalue weighted by Gasteiger charge is 2.00. The molecule has 11 heavy (non-hydrogen) atoms. The molecule has 0 amide bonds. The highest BCUT2D eigenvalue weighted by Crippen LogP contribution is 2.08. The van der Waals surface area contributed by atoms with Gasteiger partial charge in [0.1, 0.15) is 0 Å². The van der Waals surface area contributed by atoms with Crippen molar-refractivity contribution in [2.24, 2.45) is 5.92 Å². The topological polar surface area (TPSA) is 37.3 Å². The number of rotatable bonds is 4. The summed E-state index contributed by atoms with van der Waals surface area (Å²) in [5, 5.41) is 8.50. The summed E-state index contributed by atoms with van der Waals surface area (Å²) < 4.78 is 0. The summed E-state index contributed by atoms with van der Waals surface area (Å²) in [5.41, 5.74) is 0.449. The van der Waals surface area contributed by atoms with Crippen molar-refractivity contribution in [2.75, 3.05) is 0 Å². The Balaban J connectivity index is 3.82. The van der Waals surface area contributed by atoms with Gasteiger partial charge in [-0.05, 0) is 19.3 Å². The van der Waals surface area contributed by atoms with Gasteiger partial charge in [-0.15, -0.1) is 0 Å². The zero-order valence-corrected chi connectivity index (χ0v) is 7.42. The van der Waals surface area contributed by atoms with Gasteiger partial charge in [0.05, 0.1) is 0 Å². The van der Waals surface area contributed by atoms with Crippen LogP contribution in [-0.2, 0) is 4.79 Å². The normalized spacial score (nSPS) is 14.6. The van der Waals surface area contributed by atoms with E-state index in [1.807, 2.05) is 0 Å². The second kappa shape index (κ2) is 4.94. The van der Waals surface area contributed by atoms with Gasteiger partial charge in [-0.3, -0.25) is 0 Å². The summed E-state index contributed by atoms with van der Waals surface area (Å²) in [6.45, 7) is 5.85. The summed E-state index contributed by atoms with van der Waals surface area (Å²) in [5.74, 6) is -0.224. The lowest BCUT2D eigenvalue weighted by Gasteiger charge is -2.02. The fraction of sp³-hybridized carbons (Fsp3) is 0.667. The number of hydrogen-bond acceptors (Lipinski definition) is 1. The number of carboxylic acids is 1. The van der Waals surface area contributed by atoms with Crippen molar-refractivity contribution in [2.45, 2.75) is 33.6 Å². The fourth-order valence-corrected chi connectivity index (χ4v) is 0.632. The molecule has 0 aromatic heterocycles. The molecule has 0 radical (unpaired) electrons. The van der Waals surface area contributed by atoms with Crippen LogP contribution in [0, 0.1) is 5.92 Å². The third-order valence-corrected chi connectivity index (χ3v) is 1.86. The molecular formula is C9H16O2. The van der Waals surface area contributed by atoms with Crippen LogP contribution < -0.4 is 0 Å². The molecule has 2 heteroatoms. The standard InChI is InChI=1S/C9H16O2/c1-4-7(2)5-6-8(3)9(10)11/h6-7H,4-5H2,1-3H3,(H,10,11). The van der Waals surface area contributed by atoms with E-state index in [0.717, 1.165) is 12.8 Å². The van der Waals surface area contributed by atoms with Crippen molar-refractivity contribution in [1.82, 2.24) is 0 Å². The second-order valence-electron chi connectivity index (χ2n) is 2.94. The Bertz CT molecular complexity index is 159. The highest BCUT2D eigenvalue weighted by molar-refractivity contribution is 5.85. The van der Waals surface area contributed by atoms with Crippen molar-refractivity contribution in [3.8, 4) is 0 Å². The predicted octanol–water partition coefficient (Wildman–Crippen LogP) is 2.45. The number of aliphatic carboxylic acids is 1. The summed E-state index contributed by atoms with van der Waals surface area (Å²) in [4.78, 5) is 10.3. The first-order chi connectivity index (χ1) is 5.07. The third-order valence-electron chi connectivity index (χ3n) is 1.86. The Labute approximate surface area is 67.9 Å². The summed E-state index contributed by atoms with van der Waals surface area (Å²) in [6.07, 6.45) is 3.76. The Kier molecular flexibility index (Phi) is 4.59. The van der Waals surface area contributed by atoms with Gasteiger partial charge in [-0.2, -0.15) is 0 Å². The highest BCUT2D eigenvalue weighted by atomic mass is 16.4. The van der Waals surface area contributed by atoms with Crippen LogP contribution in [0.4, 0.5) is 0 Å². The van der Waals surface area contributed by atoms with E-state index >= 15 is 0 Å². The molecule has 0 rings (SSSR count). The van der Waals surface area contributed by atoms with Crippen molar-refractivity contribution in [3.63, 3.8) is 0 Å². The average molecular weight is 156 g/mol. The van der Waals surface area contributed by atoms with Crippen molar-refractivity contribution in [1.29, 1.82) is 0 Å². The van der Waals surface area contributed by atoms with Crippen molar-refractivity contribution in [3.05, 3.63) is 11.6 Å². The molecule has 0 heterocycles. The molecule has 0 bridgehead atoms. The monoisotopic (exact) mass is 156 g/mol. The Morgan fingerprint density at radius 3 is 2.55 bits per heavy atom. The van der Waals surface area contributed by atoms with Crippen LogP contribution >= 0.6 is 0 Å². The quantitative estimate of drug-likeness (QED) is 0.635. The molecule has 0 spiro atoms. The van der Waals surface area contributed by atoms with Gasteiger partial charge >= 0.3 is 5.97 Å². The van der Waals surface area contributed by atoms with Crippen LogP contribution in [0.15, 0.2) is 11.6 Å². The van der Waals surface area contributed by atoms with E-state index in [0.29, 0.717) is 11.5 Å². The van der Waals surface area contributed by atoms with E-state index in [-0.39, 0.29) is 0 Å². The maximum Gasteiger partial charge on any atom is 0.330 e. The molecule has 0 saturated carbocycles. The average Bonchev–Trinajstić information content (AvgIpc) is 1.99. The predicted molar refractivity (Wildman–Crippen MR) is 45.5 cm³/mol. The van der Waals surface area contributed by atoms with Gasteiger partial charge in [-0.1, -0.05) is 26.3 Å². The Hall–Kier alpha value is -0.790. The molecular weight excluding hydrogens is 140 g/mol. The lowest BCUT2D eigenvalue weighted by Crippen LogP contribution is -1.97. The Morgan fingerprint density at radius 2 is 2.18 bits per heavy atom. The molecule has 1 unspecified atom stereocenters. The minimum Gasteiger partial charge on any atom is -0.478 e. The molecule has 0 saturated heterocycles. The van der Waals surface area contributed by atoms with Gasteiger partial charge in [0.15, 0.2) is 0 Å². The van der Waals surface area contributed by atoms with Gasteiger partial charge in [0.2, 0.25) is 0 Å².